The molecule has 0 radical (unpaired) electrons. The monoisotopic (exact) mass is 431 g/mol. The van der Waals surface area contributed by atoms with Crippen molar-refractivity contribution in [3.05, 3.63) is 57.9 Å². The molecule has 0 N–H and O–H groups in total. The lowest BCUT2D eigenvalue weighted by Gasteiger charge is -2.30. The quantitative estimate of drug-likeness (QED) is 0.519. The Morgan fingerprint density at radius 1 is 1.33 bits per heavy atom. The summed E-state index contributed by atoms with van der Waals surface area (Å²) in [7, 11) is 0. The van der Waals surface area contributed by atoms with E-state index in [-0.39, 0.29) is 18.6 Å². The van der Waals surface area contributed by atoms with Gasteiger partial charge in [0.1, 0.15) is 0 Å². The van der Waals surface area contributed by atoms with Crippen LogP contribution in [0.4, 0.5) is 0 Å². The van der Waals surface area contributed by atoms with E-state index in [0.29, 0.717) is 31.3 Å². The van der Waals surface area contributed by atoms with Crippen molar-refractivity contribution in [3.63, 3.8) is 0 Å². The number of hydrogen-bond donors (Lipinski definition) is 0. The summed E-state index contributed by atoms with van der Waals surface area (Å²) in [5.41, 5.74) is 3.51. The number of aromatic nitrogens is 2. The average Bonchev–Trinajstić information content (AvgIpc) is 2.99. The highest BCUT2D eigenvalue weighted by molar-refractivity contribution is 6.31. The fourth-order valence-electron chi connectivity index (χ4n) is 3.36. The molecule has 2 aromatic rings. The summed E-state index contributed by atoms with van der Waals surface area (Å²) in [5, 5.41) is 5.23. The van der Waals surface area contributed by atoms with Gasteiger partial charge in [0.25, 0.3) is 5.91 Å². The molecular weight excluding hydrogens is 406 g/mol. The van der Waals surface area contributed by atoms with Gasteiger partial charge in [-0.2, -0.15) is 5.10 Å². The molecule has 1 amide bonds. The van der Waals surface area contributed by atoms with Gasteiger partial charge >= 0.3 is 5.97 Å². The van der Waals surface area contributed by atoms with Gasteiger partial charge in [-0.25, -0.2) is 4.79 Å². The molecule has 1 aromatic carbocycles. The van der Waals surface area contributed by atoms with E-state index in [0.717, 1.165) is 22.5 Å². The number of carbonyl (C=O) groups excluding carboxylic acids is 2. The van der Waals surface area contributed by atoms with E-state index in [2.05, 4.69) is 5.10 Å². The van der Waals surface area contributed by atoms with Crippen LogP contribution >= 0.6 is 11.6 Å². The van der Waals surface area contributed by atoms with Gasteiger partial charge in [-0.1, -0.05) is 29.8 Å². The van der Waals surface area contributed by atoms with Crippen molar-refractivity contribution in [1.82, 2.24) is 14.7 Å². The summed E-state index contributed by atoms with van der Waals surface area (Å²) in [5.74, 6) is -0.783. The van der Waals surface area contributed by atoms with E-state index in [9.17, 15) is 9.59 Å². The number of ether oxygens (including phenoxy) is 2. The van der Waals surface area contributed by atoms with Crippen LogP contribution in [0.25, 0.3) is 6.08 Å². The van der Waals surface area contributed by atoms with Gasteiger partial charge in [-0.05, 0) is 38.5 Å². The van der Waals surface area contributed by atoms with Gasteiger partial charge < -0.3 is 14.4 Å². The average molecular weight is 432 g/mol. The Kier molecular flexibility index (Phi) is 7.29. The standard InChI is InChI=1S/C22H26ClN3O4/c1-15-12-25(10-11-29-15)21(27)14-30-22(28)9-8-19-16(2)24-26(17(19)3)13-18-6-4-5-7-20(18)23/h4-9,15H,10-14H2,1-3H3/b9-8+. The molecule has 160 valence electrons. The van der Waals surface area contributed by atoms with Gasteiger partial charge in [0.2, 0.25) is 0 Å². The number of rotatable bonds is 6. The number of halogens is 1. The number of morpholine rings is 1. The van der Waals surface area contributed by atoms with E-state index in [1.54, 1.807) is 11.0 Å². The number of nitrogens with zero attached hydrogens (tertiary/aromatic N) is 3. The van der Waals surface area contributed by atoms with Crippen molar-refractivity contribution in [2.75, 3.05) is 26.3 Å². The minimum atomic E-state index is -0.567. The summed E-state index contributed by atoms with van der Waals surface area (Å²) in [4.78, 5) is 25.9. The van der Waals surface area contributed by atoms with Crippen LogP contribution in [0, 0.1) is 13.8 Å². The van der Waals surface area contributed by atoms with Crippen LogP contribution in [0.5, 0.6) is 0 Å². The second-order valence-electron chi connectivity index (χ2n) is 7.30. The largest absolute Gasteiger partial charge is 0.452 e. The number of amides is 1. The Hall–Kier alpha value is -2.64. The summed E-state index contributed by atoms with van der Waals surface area (Å²) < 4.78 is 12.4. The molecule has 2 heterocycles. The number of esters is 1. The molecule has 1 atom stereocenters. The van der Waals surface area contributed by atoms with Crippen molar-refractivity contribution >= 4 is 29.6 Å². The topological polar surface area (TPSA) is 73.7 Å². The fourth-order valence-corrected chi connectivity index (χ4v) is 3.56. The molecule has 0 spiro atoms. The third-order valence-corrected chi connectivity index (χ3v) is 5.40. The number of aryl methyl sites for hydroxylation is 1. The minimum absolute atomic E-state index is 0.00782. The molecule has 1 unspecified atom stereocenters. The van der Waals surface area contributed by atoms with E-state index in [4.69, 9.17) is 21.1 Å². The molecule has 0 aliphatic carbocycles. The van der Waals surface area contributed by atoms with Crippen molar-refractivity contribution in [3.8, 4) is 0 Å². The highest BCUT2D eigenvalue weighted by Gasteiger charge is 2.22. The molecular formula is C22H26ClN3O4. The second-order valence-corrected chi connectivity index (χ2v) is 7.70. The van der Waals surface area contributed by atoms with Crippen molar-refractivity contribution in [2.24, 2.45) is 0 Å². The zero-order valence-electron chi connectivity index (χ0n) is 17.4. The van der Waals surface area contributed by atoms with Crippen molar-refractivity contribution in [1.29, 1.82) is 0 Å². The van der Waals surface area contributed by atoms with Crippen molar-refractivity contribution < 1.29 is 19.1 Å². The van der Waals surface area contributed by atoms with Crippen LogP contribution in [-0.2, 0) is 25.6 Å². The Balaban J connectivity index is 1.59. The molecule has 1 aliphatic rings. The maximum Gasteiger partial charge on any atom is 0.331 e. The van der Waals surface area contributed by atoms with E-state index in [1.807, 2.05) is 49.7 Å². The Bertz CT molecular complexity index is 954. The zero-order chi connectivity index (χ0) is 21.7. The minimum Gasteiger partial charge on any atom is -0.452 e. The van der Waals surface area contributed by atoms with Gasteiger partial charge in [0.15, 0.2) is 6.61 Å². The van der Waals surface area contributed by atoms with E-state index >= 15 is 0 Å². The van der Waals surface area contributed by atoms with Crippen LogP contribution in [0.2, 0.25) is 5.02 Å². The Morgan fingerprint density at radius 2 is 2.10 bits per heavy atom. The summed E-state index contributed by atoms with van der Waals surface area (Å²) in [6.45, 7) is 7.50. The predicted molar refractivity (Wildman–Crippen MR) is 114 cm³/mol. The third kappa shape index (κ3) is 5.49. The lowest BCUT2D eigenvalue weighted by molar-refractivity contribution is -0.151. The molecule has 1 saturated heterocycles. The summed E-state index contributed by atoms with van der Waals surface area (Å²) in [6, 6.07) is 7.62. The third-order valence-electron chi connectivity index (χ3n) is 5.03. The van der Waals surface area contributed by atoms with Gasteiger partial charge in [0, 0.05) is 35.4 Å². The van der Waals surface area contributed by atoms with E-state index in [1.165, 1.54) is 6.08 Å². The fraction of sp³-hybridized carbons (Fsp3) is 0.409. The zero-order valence-corrected chi connectivity index (χ0v) is 18.2. The number of hydrogen-bond acceptors (Lipinski definition) is 5. The first-order valence-corrected chi connectivity index (χ1v) is 10.2. The van der Waals surface area contributed by atoms with Gasteiger partial charge in [-0.15, -0.1) is 0 Å². The molecule has 1 aromatic heterocycles. The normalized spacial score (nSPS) is 16.8. The first kappa shape index (κ1) is 22.1. The van der Waals surface area contributed by atoms with Gasteiger partial charge in [0.05, 0.1) is 24.9 Å². The molecule has 3 rings (SSSR count). The molecule has 0 saturated carbocycles. The van der Waals surface area contributed by atoms with Crippen LogP contribution in [-0.4, -0.2) is 59.0 Å². The lowest BCUT2D eigenvalue weighted by atomic mass is 10.1. The van der Waals surface area contributed by atoms with Crippen LogP contribution < -0.4 is 0 Å². The van der Waals surface area contributed by atoms with Crippen molar-refractivity contribution in [2.45, 2.75) is 33.4 Å². The maximum atomic E-state index is 12.2. The first-order chi connectivity index (χ1) is 14.3. The molecule has 8 heteroatoms. The van der Waals surface area contributed by atoms with E-state index < -0.39 is 5.97 Å². The molecule has 0 bridgehead atoms. The van der Waals surface area contributed by atoms with Crippen LogP contribution in [0.1, 0.15) is 29.4 Å². The Morgan fingerprint density at radius 3 is 2.83 bits per heavy atom. The second kappa shape index (κ2) is 9.91. The first-order valence-electron chi connectivity index (χ1n) is 9.86. The number of carbonyl (C=O) groups is 2. The summed E-state index contributed by atoms with van der Waals surface area (Å²) >= 11 is 6.25. The summed E-state index contributed by atoms with van der Waals surface area (Å²) in [6.07, 6.45) is 2.99. The van der Waals surface area contributed by atoms with Crippen LogP contribution in [0.3, 0.4) is 0 Å². The molecule has 1 aliphatic heterocycles. The smallest absolute Gasteiger partial charge is 0.331 e. The highest BCUT2D eigenvalue weighted by Crippen LogP contribution is 2.20. The molecule has 7 nitrogen and oxygen atoms in total. The lowest BCUT2D eigenvalue weighted by Crippen LogP contribution is -2.46. The maximum absolute atomic E-state index is 12.2. The highest BCUT2D eigenvalue weighted by atomic mass is 35.5. The SMILES string of the molecule is Cc1nn(Cc2ccccc2Cl)c(C)c1/C=C/C(=O)OCC(=O)N1CCOC(C)C1. The van der Waals surface area contributed by atoms with Gasteiger partial charge in [-0.3, -0.25) is 9.48 Å². The Labute approximate surface area is 181 Å². The number of benzene rings is 1. The predicted octanol–water partition coefficient (Wildman–Crippen LogP) is 3.01. The van der Waals surface area contributed by atoms with Crippen LogP contribution in [0.15, 0.2) is 30.3 Å². The molecule has 1 fully saturated rings. The molecule has 30 heavy (non-hydrogen) atoms.